The fraction of sp³-hybridized carbons (Fsp3) is 0.650. The highest BCUT2D eigenvalue weighted by Gasteiger charge is 2.28. The molecule has 1 fully saturated rings. The third-order valence-electron chi connectivity index (χ3n) is 6.35. The molecule has 0 amide bonds. The Morgan fingerprint density at radius 3 is 2.96 bits per heavy atom. The molecule has 1 unspecified atom stereocenters. The quantitative estimate of drug-likeness (QED) is 0.843. The van der Waals surface area contributed by atoms with Gasteiger partial charge in [0.25, 0.3) is 5.56 Å². The van der Waals surface area contributed by atoms with E-state index in [1.165, 1.54) is 42.5 Å². The molecule has 1 aliphatic carbocycles. The first-order valence-electron chi connectivity index (χ1n) is 10.2. The standard InChI is InChI=1S/C20H27N5O/c26-20-11-15-5-1-2-7-18(15)22-25(20)14-17-6-3-9-23(17)13-16-12-21-24-10-4-8-19(16)24/h11-12,17H,1-10,13-14H2. The van der Waals surface area contributed by atoms with Crippen molar-refractivity contribution in [1.29, 1.82) is 0 Å². The summed E-state index contributed by atoms with van der Waals surface area (Å²) < 4.78 is 3.89. The van der Waals surface area contributed by atoms with Crippen molar-refractivity contribution in [2.45, 2.75) is 77.0 Å². The topological polar surface area (TPSA) is 56.0 Å². The summed E-state index contributed by atoms with van der Waals surface area (Å²) in [6.45, 7) is 3.84. The first-order chi connectivity index (χ1) is 12.8. The van der Waals surface area contributed by atoms with Gasteiger partial charge in [0.2, 0.25) is 0 Å². The van der Waals surface area contributed by atoms with E-state index in [-0.39, 0.29) is 5.56 Å². The van der Waals surface area contributed by atoms with E-state index in [0.29, 0.717) is 6.04 Å². The molecule has 2 aromatic rings. The molecule has 1 saturated heterocycles. The molecule has 2 aromatic heterocycles. The van der Waals surface area contributed by atoms with Gasteiger partial charge in [-0.2, -0.15) is 10.2 Å². The van der Waals surface area contributed by atoms with Gasteiger partial charge in [-0.1, -0.05) is 0 Å². The van der Waals surface area contributed by atoms with Crippen LogP contribution in [0.4, 0.5) is 0 Å². The first-order valence-corrected chi connectivity index (χ1v) is 10.2. The molecule has 0 bridgehead atoms. The molecule has 1 atom stereocenters. The Morgan fingerprint density at radius 2 is 2.00 bits per heavy atom. The van der Waals surface area contributed by atoms with Crippen LogP contribution in [-0.2, 0) is 38.9 Å². The minimum Gasteiger partial charge on any atom is -0.294 e. The summed E-state index contributed by atoms with van der Waals surface area (Å²) in [5.74, 6) is 0. The smallest absolute Gasteiger partial charge is 0.267 e. The number of aryl methyl sites for hydroxylation is 3. The Bertz CT molecular complexity index is 868. The van der Waals surface area contributed by atoms with Crippen LogP contribution in [0.5, 0.6) is 0 Å². The van der Waals surface area contributed by atoms with Gasteiger partial charge >= 0.3 is 0 Å². The lowest BCUT2D eigenvalue weighted by molar-refractivity contribution is 0.215. The molecule has 6 heteroatoms. The highest BCUT2D eigenvalue weighted by Crippen LogP contribution is 2.25. The van der Waals surface area contributed by atoms with Crippen LogP contribution in [0.15, 0.2) is 17.1 Å². The lowest BCUT2D eigenvalue weighted by atomic mass is 9.97. The Kier molecular flexibility index (Phi) is 4.15. The summed E-state index contributed by atoms with van der Waals surface area (Å²) in [5, 5.41) is 9.26. The zero-order valence-corrected chi connectivity index (χ0v) is 15.4. The summed E-state index contributed by atoms with van der Waals surface area (Å²) >= 11 is 0. The van der Waals surface area contributed by atoms with Crippen molar-refractivity contribution >= 4 is 0 Å². The monoisotopic (exact) mass is 353 g/mol. The van der Waals surface area contributed by atoms with Gasteiger partial charge in [0, 0.05) is 36.5 Å². The second kappa shape index (κ2) is 6.65. The molecule has 0 spiro atoms. The molecule has 0 radical (unpaired) electrons. The first kappa shape index (κ1) is 16.2. The van der Waals surface area contributed by atoms with Gasteiger partial charge in [0.15, 0.2) is 0 Å². The van der Waals surface area contributed by atoms with E-state index in [1.54, 1.807) is 4.68 Å². The molecule has 0 aromatic carbocycles. The predicted molar refractivity (Wildman–Crippen MR) is 99.1 cm³/mol. The second-order valence-corrected chi connectivity index (χ2v) is 8.05. The molecular formula is C20H27N5O. The lowest BCUT2D eigenvalue weighted by Crippen LogP contribution is -2.37. The zero-order valence-electron chi connectivity index (χ0n) is 15.4. The summed E-state index contributed by atoms with van der Waals surface area (Å²) in [5.41, 5.74) is 5.19. The average Bonchev–Trinajstić information content (AvgIpc) is 3.35. The maximum Gasteiger partial charge on any atom is 0.267 e. The van der Waals surface area contributed by atoms with Crippen LogP contribution in [-0.4, -0.2) is 37.0 Å². The minimum absolute atomic E-state index is 0.0731. The van der Waals surface area contributed by atoms with Crippen molar-refractivity contribution < 1.29 is 0 Å². The van der Waals surface area contributed by atoms with Crippen LogP contribution in [0.1, 0.15) is 54.6 Å². The van der Waals surface area contributed by atoms with Gasteiger partial charge in [-0.05, 0) is 63.5 Å². The highest BCUT2D eigenvalue weighted by atomic mass is 16.1. The largest absolute Gasteiger partial charge is 0.294 e. The molecule has 4 heterocycles. The normalized spacial score (nSPS) is 22.5. The third kappa shape index (κ3) is 2.90. The maximum absolute atomic E-state index is 12.5. The van der Waals surface area contributed by atoms with Gasteiger partial charge in [-0.25, -0.2) is 4.68 Å². The number of nitrogens with zero attached hydrogens (tertiary/aromatic N) is 5. The van der Waals surface area contributed by atoms with E-state index >= 15 is 0 Å². The fourth-order valence-electron chi connectivity index (χ4n) is 4.92. The van der Waals surface area contributed by atoms with Crippen molar-refractivity contribution in [1.82, 2.24) is 24.5 Å². The summed E-state index contributed by atoms with van der Waals surface area (Å²) in [4.78, 5) is 15.1. The van der Waals surface area contributed by atoms with E-state index in [0.717, 1.165) is 57.6 Å². The Balaban J connectivity index is 1.34. The number of rotatable bonds is 4. The number of hydrogen-bond donors (Lipinski definition) is 0. The van der Waals surface area contributed by atoms with Crippen molar-refractivity contribution in [2.24, 2.45) is 0 Å². The Morgan fingerprint density at radius 1 is 1.08 bits per heavy atom. The van der Waals surface area contributed by atoms with Crippen LogP contribution in [0.2, 0.25) is 0 Å². The van der Waals surface area contributed by atoms with Crippen LogP contribution < -0.4 is 5.56 Å². The SMILES string of the molecule is O=c1cc2c(nn1CC1CCCN1Cc1cnn3c1CCC3)CCCC2. The van der Waals surface area contributed by atoms with Crippen LogP contribution >= 0.6 is 0 Å². The van der Waals surface area contributed by atoms with E-state index in [9.17, 15) is 4.79 Å². The predicted octanol–water partition coefficient (Wildman–Crippen LogP) is 1.93. The van der Waals surface area contributed by atoms with Gasteiger partial charge in [-0.3, -0.25) is 14.4 Å². The van der Waals surface area contributed by atoms with E-state index < -0.39 is 0 Å². The number of fused-ring (bicyclic) bond motifs is 2. The van der Waals surface area contributed by atoms with Crippen LogP contribution in [0, 0.1) is 0 Å². The Labute approximate surface area is 153 Å². The number of hydrogen-bond acceptors (Lipinski definition) is 4. The molecular weight excluding hydrogens is 326 g/mol. The molecule has 26 heavy (non-hydrogen) atoms. The Hall–Kier alpha value is -1.95. The van der Waals surface area contributed by atoms with Gasteiger partial charge in [0.1, 0.15) is 0 Å². The minimum atomic E-state index is 0.0731. The zero-order chi connectivity index (χ0) is 17.5. The second-order valence-electron chi connectivity index (χ2n) is 8.05. The molecule has 138 valence electrons. The molecule has 3 aliphatic rings. The fourth-order valence-corrected chi connectivity index (χ4v) is 4.92. The highest BCUT2D eigenvalue weighted by molar-refractivity contribution is 5.21. The van der Waals surface area contributed by atoms with E-state index in [1.807, 2.05) is 12.3 Å². The summed E-state index contributed by atoms with van der Waals surface area (Å²) in [7, 11) is 0. The van der Waals surface area contributed by atoms with Crippen molar-refractivity contribution in [3.63, 3.8) is 0 Å². The van der Waals surface area contributed by atoms with Crippen LogP contribution in [0.3, 0.4) is 0 Å². The van der Waals surface area contributed by atoms with E-state index in [2.05, 4.69) is 14.7 Å². The summed E-state index contributed by atoms with van der Waals surface area (Å²) in [6, 6.07) is 2.24. The maximum atomic E-state index is 12.5. The molecule has 2 aliphatic heterocycles. The number of likely N-dealkylation sites (tertiary alicyclic amines) is 1. The number of aromatic nitrogens is 4. The molecule has 0 saturated carbocycles. The van der Waals surface area contributed by atoms with E-state index in [4.69, 9.17) is 5.10 Å². The average molecular weight is 353 g/mol. The van der Waals surface area contributed by atoms with Crippen molar-refractivity contribution in [3.8, 4) is 0 Å². The molecule has 0 N–H and O–H groups in total. The lowest BCUT2D eigenvalue weighted by Gasteiger charge is -2.25. The molecule has 5 rings (SSSR count). The third-order valence-corrected chi connectivity index (χ3v) is 6.35. The van der Waals surface area contributed by atoms with Crippen molar-refractivity contribution in [3.05, 3.63) is 45.1 Å². The van der Waals surface area contributed by atoms with Gasteiger partial charge < -0.3 is 0 Å². The summed E-state index contributed by atoms with van der Waals surface area (Å²) in [6.07, 6.45) is 11.2. The molecule has 6 nitrogen and oxygen atoms in total. The van der Waals surface area contributed by atoms with Crippen molar-refractivity contribution in [2.75, 3.05) is 6.54 Å². The van der Waals surface area contributed by atoms with Crippen LogP contribution in [0.25, 0.3) is 0 Å². The van der Waals surface area contributed by atoms with Gasteiger partial charge in [0.05, 0.1) is 18.4 Å². The van der Waals surface area contributed by atoms with Gasteiger partial charge in [-0.15, -0.1) is 0 Å².